The number of Topliss-reactive ketones (excluding diaryl/α,β-unsaturated/α-hetero) is 1. The molecule has 35 heavy (non-hydrogen) atoms. The Bertz CT molecular complexity index is 1250. The number of ketones is 1. The second kappa shape index (κ2) is 10.7. The van der Waals surface area contributed by atoms with E-state index in [1.165, 1.54) is 29.2 Å². The molecule has 0 N–H and O–H groups in total. The lowest BCUT2D eigenvalue weighted by Crippen LogP contribution is -2.27. The Labute approximate surface area is 210 Å². The Morgan fingerprint density at radius 2 is 1.54 bits per heavy atom. The van der Waals surface area contributed by atoms with E-state index in [0.29, 0.717) is 22.6 Å². The van der Waals surface area contributed by atoms with Crippen LogP contribution in [0.15, 0.2) is 77.3 Å². The number of halogens is 1. The monoisotopic (exact) mass is 535 g/mol. The number of benzene rings is 3. The molecule has 178 valence electrons. The molecule has 8 heteroatoms. The summed E-state index contributed by atoms with van der Waals surface area (Å²) < 4.78 is 11.4. The summed E-state index contributed by atoms with van der Waals surface area (Å²) in [6.07, 6.45) is 0.0319. The summed E-state index contributed by atoms with van der Waals surface area (Å²) >= 11 is 3.35. The topological polar surface area (TPSA) is 90.0 Å². The zero-order valence-corrected chi connectivity index (χ0v) is 20.5. The van der Waals surface area contributed by atoms with Crippen LogP contribution in [0.25, 0.3) is 0 Å². The van der Waals surface area contributed by atoms with Gasteiger partial charge in [-0.3, -0.25) is 14.4 Å². The van der Waals surface area contributed by atoms with E-state index in [0.717, 1.165) is 10.0 Å². The highest BCUT2D eigenvalue weighted by Crippen LogP contribution is 2.27. The van der Waals surface area contributed by atoms with Crippen LogP contribution in [0, 0.1) is 12.8 Å². The Balaban J connectivity index is 1.28. The fraction of sp³-hybridized carbons (Fsp3) is 0.185. The van der Waals surface area contributed by atoms with Gasteiger partial charge in [-0.15, -0.1) is 0 Å². The second-order valence-electron chi connectivity index (χ2n) is 8.19. The van der Waals surface area contributed by atoms with Gasteiger partial charge in [0.15, 0.2) is 12.4 Å². The van der Waals surface area contributed by atoms with Crippen molar-refractivity contribution in [2.24, 2.45) is 5.92 Å². The summed E-state index contributed by atoms with van der Waals surface area (Å²) in [4.78, 5) is 51.0. The molecule has 1 fully saturated rings. The number of carbonyl (C=O) groups is 4. The van der Waals surface area contributed by atoms with E-state index in [9.17, 15) is 19.2 Å². The Kier molecular flexibility index (Phi) is 7.41. The van der Waals surface area contributed by atoms with Gasteiger partial charge in [0.2, 0.25) is 5.91 Å². The molecule has 1 unspecified atom stereocenters. The quantitative estimate of drug-likeness (QED) is 0.246. The van der Waals surface area contributed by atoms with Crippen LogP contribution >= 0.6 is 15.9 Å². The molecule has 1 heterocycles. The predicted octanol–water partition coefficient (Wildman–Crippen LogP) is 4.76. The highest BCUT2D eigenvalue weighted by atomic mass is 79.9. The molecule has 0 spiro atoms. The van der Waals surface area contributed by atoms with Crippen LogP contribution < -0.4 is 9.64 Å². The molecule has 3 aromatic carbocycles. The van der Waals surface area contributed by atoms with Crippen LogP contribution in [0.4, 0.5) is 5.69 Å². The average Bonchev–Trinajstić information content (AvgIpc) is 3.25. The first kappa shape index (κ1) is 24.3. The lowest BCUT2D eigenvalue weighted by molar-refractivity contribution is -0.147. The number of amides is 1. The summed E-state index contributed by atoms with van der Waals surface area (Å²) in [6.45, 7) is 1.69. The Hall–Kier alpha value is -3.78. The van der Waals surface area contributed by atoms with Crippen molar-refractivity contribution in [3.8, 4) is 5.75 Å². The third-order valence-electron chi connectivity index (χ3n) is 5.62. The van der Waals surface area contributed by atoms with Crippen molar-refractivity contribution in [2.75, 3.05) is 18.1 Å². The standard InChI is InChI=1S/C27H22BrNO6/c1-17-2-4-19(5-3-17)27(33)35-23-12-6-18(7-13-23)24(30)16-34-26(32)20-14-25(31)29(15-20)22-10-8-21(28)9-11-22/h2-13,20H,14-16H2,1H3. The number of aryl methyl sites for hydroxylation is 1. The van der Waals surface area contributed by atoms with E-state index >= 15 is 0 Å². The van der Waals surface area contributed by atoms with E-state index in [1.54, 1.807) is 24.3 Å². The zero-order chi connectivity index (χ0) is 24.9. The van der Waals surface area contributed by atoms with Crippen molar-refractivity contribution in [1.82, 2.24) is 0 Å². The number of ether oxygens (including phenoxy) is 2. The van der Waals surface area contributed by atoms with Gasteiger partial charge in [-0.25, -0.2) is 4.79 Å². The van der Waals surface area contributed by atoms with E-state index in [2.05, 4.69) is 15.9 Å². The predicted molar refractivity (Wildman–Crippen MR) is 132 cm³/mol. The molecule has 0 aliphatic carbocycles. The van der Waals surface area contributed by atoms with Crippen LogP contribution in [0.1, 0.15) is 32.7 Å². The number of esters is 2. The first-order valence-electron chi connectivity index (χ1n) is 10.9. The minimum atomic E-state index is -0.637. The molecule has 0 saturated carbocycles. The minimum absolute atomic E-state index is 0.0319. The van der Waals surface area contributed by atoms with Gasteiger partial charge >= 0.3 is 11.9 Å². The summed E-state index contributed by atoms with van der Waals surface area (Å²) in [5.74, 6) is -2.00. The summed E-state index contributed by atoms with van der Waals surface area (Å²) in [7, 11) is 0. The van der Waals surface area contributed by atoms with Crippen LogP contribution in [0.3, 0.4) is 0 Å². The number of hydrogen-bond acceptors (Lipinski definition) is 6. The fourth-order valence-electron chi connectivity index (χ4n) is 3.64. The van der Waals surface area contributed by atoms with E-state index in [-0.39, 0.29) is 18.9 Å². The molecule has 1 saturated heterocycles. The zero-order valence-electron chi connectivity index (χ0n) is 18.9. The van der Waals surface area contributed by atoms with Crippen LogP contribution in [0.2, 0.25) is 0 Å². The maximum Gasteiger partial charge on any atom is 0.343 e. The number of carbonyl (C=O) groups excluding carboxylic acids is 4. The lowest BCUT2D eigenvalue weighted by Gasteiger charge is -2.16. The summed E-state index contributed by atoms with van der Waals surface area (Å²) in [5.41, 5.74) is 2.47. The van der Waals surface area contributed by atoms with E-state index < -0.39 is 30.2 Å². The third kappa shape index (κ3) is 6.02. The van der Waals surface area contributed by atoms with Gasteiger partial charge < -0.3 is 14.4 Å². The molecular formula is C27H22BrNO6. The largest absolute Gasteiger partial charge is 0.457 e. The lowest BCUT2D eigenvalue weighted by atomic mass is 10.1. The smallest absolute Gasteiger partial charge is 0.343 e. The summed E-state index contributed by atoms with van der Waals surface area (Å²) in [5, 5.41) is 0. The van der Waals surface area contributed by atoms with Gasteiger partial charge in [0.25, 0.3) is 0 Å². The van der Waals surface area contributed by atoms with Crippen molar-refractivity contribution in [3.05, 3.63) is 94.0 Å². The van der Waals surface area contributed by atoms with Gasteiger partial charge in [-0.05, 0) is 67.6 Å². The number of nitrogens with zero attached hydrogens (tertiary/aromatic N) is 1. The van der Waals surface area contributed by atoms with E-state index in [1.807, 2.05) is 31.2 Å². The average molecular weight is 536 g/mol. The Morgan fingerprint density at radius 3 is 2.20 bits per heavy atom. The third-order valence-corrected chi connectivity index (χ3v) is 6.14. The van der Waals surface area contributed by atoms with Gasteiger partial charge in [0.1, 0.15) is 5.75 Å². The maximum absolute atomic E-state index is 12.5. The van der Waals surface area contributed by atoms with Crippen molar-refractivity contribution >= 4 is 45.2 Å². The van der Waals surface area contributed by atoms with Crippen molar-refractivity contribution in [1.29, 1.82) is 0 Å². The number of rotatable bonds is 7. The highest BCUT2D eigenvalue weighted by molar-refractivity contribution is 9.10. The SMILES string of the molecule is Cc1ccc(C(=O)Oc2ccc(C(=O)COC(=O)C3CC(=O)N(c4ccc(Br)cc4)C3)cc2)cc1. The van der Waals surface area contributed by atoms with Gasteiger partial charge in [0, 0.05) is 28.7 Å². The van der Waals surface area contributed by atoms with Gasteiger partial charge in [-0.1, -0.05) is 33.6 Å². The molecule has 3 aromatic rings. The maximum atomic E-state index is 12.5. The molecule has 4 rings (SSSR count). The highest BCUT2D eigenvalue weighted by Gasteiger charge is 2.36. The van der Waals surface area contributed by atoms with Crippen LogP contribution in [0.5, 0.6) is 5.75 Å². The molecular weight excluding hydrogens is 514 g/mol. The number of hydrogen-bond donors (Lipinski definition) is 0. The molecule has 1 aliphatic heterocycles. The molecule has 1 aliphatic rings. The van der Waals surface area contributed by atoms with Gasteiger partial charge in [-0.2, -0.15) is 0 Å². The molecule has 1 amide bonds. The molecule has 7 nitrogen and oxygen atoms in total. The molecule has 0 bridgehead atoms. The van der Waals surface area contributed by atoms with Crippen molar-refractivity contribution < 1.29 is 28.7 Å². The first-order chi connectivity index (χ1) is 16.8. The minimum Gasteiger partial charge on any atom is -0.457 e. The normalized spacial score (nSPS) is 15.1. The first-order valence-corrected chi connectivity index (χ1v) is 11.7. The second-order valence-corrected chi connectivity index (χ2v) is 9.11. The molecule has 0 radical (unpaired) electrons. The van der Waals surface area contributed by atoms with Gasteiger partial charge in [0.05, 0.1) is 11.5 Å². The molecule has 0 aromatic heterocycles. The number of anilines is 1. The van der Waals surface area contributed by atoms with Crippen LogP contribution in [-0.2, 0) is 14.3 Å². The molecule has 1 atom stereocenters. The fourth-order valence-corrected chi connectivity index (χ4v) is 3.90. The van der Waals surface area contributed by atoms with E-state index in [4.69, 9.17) is 9.47 Å². The van der Waals surface area contributed by atoms with Crippen LogP contribution in [-0.4, -0.2) is 36.8 Å². The van der Waals surface area contributed by atoms with Crippen molar-refractivity contribution in [3.63, 3.8) is 0 Å². The summed E-state index contributed by atoms with van der Waals surface area (Å²) in [6, 6.07) is 20.2. The van der Waals surface area contributed by atoms with Crippen molar-refractivity contribution in [2.45, 2.75) is 13.3 Å². The Morgan fingerprint density at radius 1 is 0.914 bits per heavy atom.